The number of halogens is 2. The molecule has 2 nitrogen and oxygen atoms in total. The minimum absolute atomic E-state index is 0.0370. The van der Waals surface area contributed by atoms with Crippen LogP contribution in [0.1, 0.15) is 30.0 Å². The quantitative estimate of drug-likeness (QED) is 0.862. The molecular formula is C13H18F2O2. The molecule has 0 saturated carbocycles. The Kier molecular flexibility index (Phi) is 4.46. The van der Waals surface area contributed by atoms with Gasteiger partial charge in [-0.1, -0.05) is 6.07 Å². The van der Waals surface area contributed by atoms with E-state index >= 15 is 0 Å². The van der Waals surface area contributed by atoms with Crippen LogP contribution < -0.4 is 4.74 Å². The molecule has 0 bridgehead atoms. The van der Waals surface area contributed by atoms with Gasteiger partial charge in [0.05, 0.1) is 12.7 Å². The minimum atomic E-state index is -2.92. The van der Waals surface area contributed by atoms with Gasteiger partial charge < -0.3 is 9.84 Å². The van der Waals surface area contributed by atoms with Crippen LogP contribution in [0.25, 0.3) is 0 Å². The van der Waals surface area contributed by atoms with Gasteiger partial charge in [0.25, 0.3) is 5.92 Å². The first-order chi connectivity index (χ1) is 7.91. The fraction of sp³-hybridized carbons (Fsp3) is 0.538. The Bertz CT molecular complexity index is 384. The van der Waals surface area contributed by atoms with Crippen LogP contribution in [0.4, 0.5) is 8.78 Å². The summed E-state index contributed by atoms with van der Waals surface area (Å²) in [4.78, 5) is 0. The Morgan fingerprint density at radius 2 is 2.00 bits per heavy atom. The summed E-state index contributed by atoms with van der Waals surface area (Å²) in [7, 11) is 1.40. The van der Waals surface area contributed by atoms with Crippen LogP contribution in [0.2, 0.25) is 0 Å². The lowest BCUT2D eigenvalue weighted by molar-refractivity contribution is 0.0149. The second-order valence-corrected chi connectivity index (χ2v) is 4.16. The van der Waals surface area contributed by atoms with E-state index in [9.17, 15) is 8.78 Å². The Morgan fingerprint density at radius 3 is 2.47 bits per heavy atom. The van der Waals surface area contributed by atoms with Gasteiger partial charge in [-0.25, -0.2) is 8.78 Å². The average molecular weight is 244 g/mol. The summed E-state index contributed by atoms with van der Waals surface area (Å²) in [6.07, 6.45) is 1.07. The standard InChI is InChI=1S/C13H18F2O2/c1-9-6-7-11(13(2,14)15)12(17-3)10(9)5-4-8-16/h6-7,16H,4-5,8H2,1-3H3. The molecule has 0 amide bonds. The fourth-order valence-corrected chi connectivity index (χ4v) is 1.87. The second kappa shape index (κ2) is 5.45. The topological polar surface area (TPSA) is 29.5 Å². The molecule has 0 spiro atoms. The summed E-state index contributed by atoms with van der Waals surface area (Å²) in [5.74, 6) is -2.68. The third kappa shape index (κ3) is 3.16. The largest absolute Gasteiger partial charge is 0.496 e. The van der Waals surface area contributed by atoms with Gasteiger partial charge in [0.15, 0.2) is 0 Å². The van der Waals surface area contributed by atoms with Crippen LogP contribution in [0, 0.1) is 6.92 Å². The Labute approximate surface area is 100 Å². The number of methoxy groups -OCH3 is 1. The average Bonchev–Trinajstić information content (AvgIpc) is 2.25. The third-order valence-corrected chi connectivity index (χ3v) is 2.76. The highest BCUT2D eigenvalue weighted by atomic mass is 19.3. The molecule has 0 heterocycles. The van der Waals surface area contributed by atoms with E-state index in [4.69, 9.17) is 9.84 Å². The summed E-state index contributed by atoms with van der Waals surface area (Å²) >= 11 is 0. The van der Waals surface area contributed by atoms with E-state index in [0.717, 1.165) is 18.1 Å². The summed E-state index contributed by atoms with van der Waals surface area (Å²) in [6, 6.07) is 3.07. The van der Waals surface area contributed by atoms with Crippen molar-refractivity contribution in [3.8, 4) is 5.75 Å². The third-order valence-electron chi connectivity index (χ3n) is 2.76. The van der Waals surface area contributed by atoms with Crippen molar-refractivity contribution in [1.82, 2.24) is 0 Å². The molecule has 0 aliphatic rings. The number of aliphatic hydroxyl groups is 1. The summed E-state index contributed by atoms with van der Waals surface area (Å²) in [6.45, 7) is 2.75. The first-order valence-electron chi connectivity index (χ1n) is 5.57. The van der Waals surface area contributed by atoms with E-state index in [2.05, 4.69) is 0 Å². The van der Waals surface area contributed by atoms with Gasteiger partial charge in [0, 0.05) is 13.5 Å². The first kappa shape index (κ1) is 13.9. The van der Waals surface area contributed by atoms with Gasteiger partial charge in [0.2, 0.25) is 0 Å². The summed E-state index contributed by atoms with van der Waals surface area (Å²) in [5, 5.41) is 8.82. The van der Waals surface area contributed by atoms with Crippen molar-refractivity contribution < 1.29 is 18.6 Å². The van der Waals surface area contributed by atoms with Crippen molar-refractivity contribution in [2.75, 3.05) is 13.7 Å². The minimum Gasteiger partial charge on any atom is -0.496 e. The molecule has 0 fully saturated rings. The van der Waals surface area contributed by atoms with Crippen LogP contribution in [-0.4, -0.2) is 18.8 Å². The summed E-state index contributed by atoms with van der Waals surface area (Å²) in [5.41, 5.74) is 1.56. The first-order valence-corrected chi connectivity index (χ1v) is 5.57. The highest BCUT2D eigenvalue weighted by Crippen LogP contribution is 2.38. The predicted octanol–water partition coefficient (Wildman–Crippen LogP) is 3.04. The van der Waals surface area contributed by atoms with E-state index in [1.54, 1.807) is 6.07 Å². The highest BCUT2D eigenvalue weighted by Gasteiger charge is 2.30. The number of aliphatic hydroxyl groups excluding tert-OH is 1. The van der Waals surface area contributed by atoms with E-state index < -0.39 is 5.92 Å². The fourth-order valence-electron chi connectivity index (χ4n) is 1.87. The molecule has 96 valence electrons. The van der Waals surface area contributed by atoms with Crippen LogP contribution in [-0.2, 0) is 12.3 Å². The maximum Gasteiger partial charge on any atom is 0.274 e. The molecule has 0 aliphatic heterocycles. The Hall–Kier alpha value is -1.16. The molecule has 17 heavy (non-hydrogen) atoms. The van der Waals surface area contributed by atoms with Crippen LogP contribution in [0.5, 0.6) is 5.75 Å². The maximum absolute atomic E-state index is 13.4. The molecule has 1 N–H and O–H groups in total. The van der Waals surface area contributed by atoms with Crippen molar-refractivity contribution in [3.63, 3.8) is 0 Å². The van der Waals surface area contributed by atoms with Crippen LogP contribution in [0.15, 0.2) is 12.1 Å². The number of benzene rings is 1. The van der Waals surface area contributed by atoms with Gasteiger partial charge in [-0.2, -0.15) is 0 Å². The van der Waals surface area contributed by atoms with E-state index in [0.29, 0.717) is 12.8 Å². The van der Waals surface area contributed by atoms with Crippen LogP contribution in [0.3, 0.4) is 0 Å². The molecule has 0 aromatic heterocycles. The maximum atomic E-state index is 13.4. The number of aryl methyl sites for hydroxylation is 1. The number of hydrogen-bond donors (Lipinski definition) is 1. The Morgan fingerprint density at radius 1 is 1.35 bits per heavy atom. The number of rotatable bonds is 5. The second-order valence-electron chi connectivity index (χ2n) is 4.16. The molecule has 1 rings (SSSR count). The molecular weight excluding hydrogens is 226 g/mol. The smallest absolute Gasteiger partial charge is 0.274 e. The van der Waals surface area contributed by atoms with Gasteiger partial charge in [-0.15, -0.1) is 0 Å². The Balaban J connectivity index is 3.26. The van der Waals surface area contributed by atoms with Crippen molar-refractivity contribution in [2.45, 2.75) is 32.6 Å². The zero-order chi connectivity index (χ0) is 13.1. The lowest BCUT2D eigenvalue weighted by atomic mass is 9.96. The molecule has 1 aromatic carbocycles. The van der Waals surface area contributed by atoms with Crippen molar-refractivity contribution in [2.24, 2.45) is 0 Å². The monoisotopic (exact) mass is 244 g/mol. The number of alkyl halides is 2. The molecule has 0 saturated heterocycles. The number of ether oxygens (including phenoxy) is 1. The van der Waals surface area contributed by atoms with Gasteiger partial charge in [0.1, 0.15) is 5.75 Å². The molecule has 0 unspecified atom stereocenters. The van der Waals surface area contributed by atoms with Gasteiger partial charge >= 0.3 is 0 Å². The molecule has 0 radical (unpaired) electrons. The molecule has 4 heteroatoms. The van der Waals surface area contributed by atoms with Crippen molar-refractivity contribution >= 4 is 0 Å². The van der Waals surface area contributed by atoms with E-state index in [-0.39, 0.29) is 17.9 Å². The molecule has 0 atom stereocenters. The van der Waals surface area contributed by atoms with Gasteiger partial charge in [-0.05, 0) is 37.0 Å². The zero-order valence-electron chi connectivity index (χ0n) is 10.4. The van der Waals surface area contributed by atoms with Gasteiger partial charge in [-0.3, -0.25) is 0 Å². The summed E-state index contributed by atoms with van der Waals surface area (Å²) < 4.78 is 31.9. The lowest BCUT2D eigenvalue weighted by Gasteiger charge is -2.19. The van der Waals surface area contributed by atoms with E-state index in [1.807, 2.05) is 6.92 Å². The van der Waals surface area contributed by atoms with Crippen molar-refractivity contribution in [1.29, 1.82) is 0 Å². The lowest BCUT2D eigenvalue weighted by Crippen LogP contribution is -2.11. The van der Waals surface area contributed by atoms with Crippen molar-refractivity contribution in [3.05, 3.63) is 28.8 Å². The van der Waals surface area contributed by atoms with Crippen LogP contribution >= 0.6 is 0 Å². The highest BCUT2D eigenvalue weighted by molar-refractivity contribution is 5.48. The normalized spacial score (nSPS) is 11.6. The predicted molar refractivity (Wildman–Crippen MR) is 62.7 cm³/mol. The zero-order valence-corrected chi connectivity index (χ0v) is 10.4. The SMILES string of the molecule is COc1c(C(C)(F)F)ccc(C)c1CCCO. The number of hydrogen-bond acceptors (Lipinski definition) is 2. The molecule has 0 aliphatic carbocycles. The van der Waals surface area contributed by atoms with E-state index in [1.165, 1.54) is 13.2 Å². The molecule has 1 aromatic rings.